The minimum Gasteiger partial charge on any atom is -0.480 e. The smallest absolute Gasteiger partial charge is 0.404 e. The second-order valence-corrected chi connectivity index (χ2v) is 2.64. The zero-order valence-corrected chi connectivity index (χ0v) is 8.30. The molecule has 92 valence electrons. The molecule has 0 aliphatic rings. The Morgan fingerprint density at radius 3 is 2.44 bits per heavy atom. The van der Waals surface area contributed by atoms with E-state index in [0.717, 1.165) is 0 Å². The second-order valence-electron chi connectivity index (χ2n) is 2.64. The molecule has 16 heavy (non-hydrogen) atoms. The highest BCUT2D eigenvalue weighted by Gasteiger charge is 2.17. The minimum atomic E-state index is -1.38. The molecule has 6 N–H and O–H groups in total. The van der Waals surface area contributed by atoms with Crippen molar-refractivity contribution in [3.05, 3.63) is 0 Å². The number of aliphatic carboxylic acids is 1. The molecule has 3 amide bonds. The first kappa shape index (κ1) is 14.0. The van der Waals surface area contributed by atoms with Gasteiger partial charge in [-0.25, -0.2) is 14.4 Å². The van der Waals surface area contributed by atoms with E-state index in [9.17, 15) is 14.4 Å². The van der Waals surface area contributed by atoms with Crippen molar-refractivity contribution in [3.63, 3.8) is 0 Å². The molecule has 0 aliphatic heterocycles. The number of carboxylic acids is 1. The molecule has 9 heteroatoms. The van der Waals surface area contributed by atoms with Crippen LogP contribution >= 0.6 is 0 Å². The van der Waals surface area contributed by atoms with Crippen LogP contribution in [0.25, 0.3) is 0 Å². The van der Waals surface area contributed by atoms with Crippen LogP contribution in [0.1, 0.15) is 0 Å². The number of aliphatic hydroxyl groups is 1. The summed E-state index contributed by atoms with van der Waals surface area (Å²) in [5.74, 6) is -1.36. The summed E-state index contributed by atoms with van der Waals surface area (Å²) in [6.45, 7) is -0.868. The van der Waals surface area contributed by atoms with Crippen LogP contribution in [0.2, 0.25) is 0 Å². The quantitative estimate of drug-likeness (QED) is 0.330. The zero-order valence-electron chi connectivity index (χ0n) is 8.30. The third-order valence-corrected chi connectivity index (χ3v) is 1.42. The van der Waals surface area contributed by atoms with Crippen molar-refractivity contribution in [1.82, 2.24) is 10.6 Å². The molecular formula is C7H13N3O6. The molecule has 0 aromatic rings. The zero-order chi connectivity index (χ0) is 12.6. The molecule has 0 radical (unpaired) electrons. The van der Waals surface area contributed by atoms with E-state index in [0.29, 0.717) is 0 Å². The number of rotatable bonds is 6. The summed E-state index contributed by atoms with van der Waals surface area (Å²) in [6.07, 6.45) is -0.971. The molecule has 0 bridgehead atoms. The summed E-state index contributed by atoms with van der Waals surface area (Å²) >= 11 is 0. The van der Waals surface area contributed by atoms with Crippen molar-refractivity contribution < 1.29 is 29.3 Å². The lowest BCUT2D eigenvalue weighted by Gasteiger charge is -2.12. The third-order valence-electron chi connectivity index (χ3n) is 1.42. The Bertz CT molecular complexity index is 269. The molecule has 1 atom stereocenters. The molecule has 0 saturated carbocycles. The van der Waals surface area contributed by atoms with Gasteiger partial charge in [0, 0.05) is 0 Å². The second kappa shape index (κ2) is 7.29. The fourth-order valence-electron chi connectivity index (χ4n) is 0.711. The molecule has 0 heterocycles. The van der Waals surface area contributed by atoms with Crippen LogP contribution in [-0.4, -0.2) is 54.1 Å². The van der Waals surface area contributed by atoms with Gasteiger partial charge >= 0.3 is 18.1 Å². The third kappa shape index (κ3) is 6.43. The van der Waals surface area contributed by atoms with Crippen LogP contribution in [0.3, 0.4) is 0 Å². The maximum absolute atomic E-state index is 11.0. The molecule has 0 aromatic heterocycles. The van der Waals surface area contributed by atoms with Crippen LogP contribution in [0.15, 0.2) is 0 Å². The van der Waals surface area contributed by atoms with Gasteiger partial charge in [0.2, 0.25) is 0 Å². The van der Waals surface area contributed by atoms with Gasteiger partial charge in [-0.15, -0.1) is 0 Å². The first-order valence-electron chi connectivity index (χ1n) is 4.27. The molecule has 0 aliphatic carbocycles. The lowest BCUT2D eigenvalue weighted by atomic mass is 10.3. The number of urea groups is 1. The number of carbonyl (C=O) groups is 3. The number of hydrogen-bond acceptors (Lipinski definition) is 5. The van der Waals surface area contributed by atoms with Crippen molar-refractivity contribution in [1.29, 1.82) is 0 Å². The highest BCUT2D eigenvalue weighted by Crippen LogP contribution is 1.82. The van der Waals surface area contributed by atoms with E-state index >= 15 is 0 Å². The summed E-state index contributed by atoms with van der Waals surface area (Å²) < 4.78 is 4.30. The van der Waals surface area contributed by atoms with Crippen molar-refractivity contribution in [2.45, 2.75) is 6.04 Å². The SMILES string of the molecule is NC(=O)OCCNC(=O)NC(CO)C(=O)O. The van der Waals surface area contributed by atoms with Crippen molar-refractivity contribution in [2.75, 3.05) is 19.8 Å². The topological polar surface area (TPSA) is 151 Å². The Morgan fingerprint density at radius 1 is 1.38 bits per heavy atom. The van der Waals surface area contributed by atoms with Crippen LogP contribution in [0, 0.1) is 0 Å². The highest BCUT2D eigenvalue weighted by atomic mass is 16.5. The van der Waals surface area contributed by atoms with Gasteiger partial charge in [-0.3, -0.25) is 0 Å². The van der Waals surface area contributed by atoms with Gasteiger partial charge in [0.15, 0.2) is 6.04 Å². The molecule has 0 fully saturated rings. The van der Waals surface area contributed by atoms with Crippen LogP contribution < -0.4 is 16.4 Å². The maximum Gasteiger partial charge on any atom is 0.404 e. The van der Waals surface area contributed by atoms with Gasteiger partial charge in [0.1, 0.15) is 6.61 Å². The lowest BCUT2D eigenvalue weighted by Crippen LogP contribution is -2.48. The first-order chi connectivity index (χ1) is 7.47. The van der Waals surface area contributed by atoms with E-state index in [1.165, 1.54) is 0 Å². The monoisotopic (exact) mass is 235 g/mol. The van der Waals surface area contributed by atoms with E-state index in [1.807, 2.05) is 5.32 Å². The summed E-state index contributed by atoms with van der Waals surface area (Å²) in [6, 6.07) is -2.17. The van der Waals surface area contributed by atoms with Crippen LogP contribution in [0.4, 0.5) is 9.59 Å². The molecule has 0 rings (SSSR count). The average molecular weight is 235 g/mol. The Kier molecular flexibility index (Phi) is 6.36. The van der Waals surface area contributed by atoms with Gasteiger partial charge in [-0.05, 0) is 0 Å². The van der Waals surface area contributed by atoms with E-state index in [-0.39, 0.29) is 13.2 Å². The molecule has 0 saturated heterocycles. The van der Waals surface area contributed by atoms with E-state index < -0.39 is 30.7 Å². The molecule has 0 aromatic carbocycles. The highest BCUT2D eigenvalue weighted by molar-refractivity contribution is 5.82. The molecule has 1 unspecified atom stereocenters. The van der Waals surface area contributed by atoms with Crippen molar-refractivity contribution >= 4 is 18.1 Å². The predicted octanol–water partition coefficient (Wildman–Crippen LogP) is -2.17. The lowest BCUT2D eigenvalue weighted by molar-refractivity contribution is -0.140. The summed E-state index contributed by atoms with van der Waals surface area (Å²) in [7, 11) is 0. The van der Waals surface area contributed by atoms with E-state index in [1.54, 1.807) is 0 Å². The molecule has 0 spiro atoms. The predicted molar refractivity (Wildman–Crippen MR) is 50.6 cm³/mol. The first-order valence-corrected chi connectivity index (χ1v) is 4.27. The molecule has 9 nitrogen and oxygen atoms in total. The Labute approximate surface area is 90.6 Å². The number of primary amides is 1. The van der Waals surface area contributed by atoms with Crippen molar-refractivity contribution in [2.24, 2.45) is 5.73 Å². The van der Waals surface area contributed by atoms with Gasteiger partial charge in [-0.2, -0.15) is 0 Å². The summed E-state index contributed by atoms with van der Waals surface area (Å²) in [4.78, 5) is 31.5. The number of amides is 3. The molecular weight excluding hydrogens is 222 g/mol. The maximum atomic E-state index is 11.0. The number of nitrogens with two attached hydrogens (primary N) is 1. The van der Waals surface area contributed by atoms with Gasteiger partial charge in [-0.1, -0.05) is 0 Å². The van der Waals surface area contributed by atoms with Gasteiger partial charge in [0.05, 0.1) is 13.2 Å². The van der Waals surface area contributed by atoms with Crippen molar-refractivity contribution in [3.8, 4) is 0 Å². The largest absolute Gasteiger partial charge is 0.480 e. The van der Waals surface area contributed by atoms with E-state index in [4.69, 9.17) is 10.2 Å². The standard InChI is InChI=1S/C7H13N3O6/c8-6(14)16-2-1-9-7(15)10-4(3-11)5(12)13/h4,11H,1-3H2,(H2,8,14)(H,12,13)(H2,9,10,15). The minimum absolute atomic E-state index is 0.0213. The normalized spacial score (nSPS) is 11.3. The summed E-state index contributed by atoms with van der Waals surface area (Å²) in [5.41, 5.74) is 4.65. The number of hydrogen-bond donors (Lipinski definition) is 5. The van der Waals surface area contributed by atoms with Gasteiger partial charge < -0.3 is 31.3 Å². The van der Waals surface area contributed by atoms with Crippen LogP contribution in [-0.2, 0) is 9.53 Å². The van der Waals surface area contributed by atoms with E-state index in [2.05, 4.69) is 15.8 Å². The number of nitrogens with one attached hydrogen (secondary N) is 2. The number of aliphatic hydroxyl groups excluding tert-OH is 1. The van der Waals surface area contributed by atoms with Crippen LogP contribution in [0.5, 0.6) is 0 Å². The van der Waals surface area contributed by atoms with Gasteiger partial charge in [0.25, 0.3) is 0 Å². The fourth-order valence-corrected chi connectivity index (χ4v) is 0.711. The number of carbonyl (C=O) groups excluding carboxylic acids is 2. The Hall–Kier alpha value is -2.03. The summed E-state index contributed by atoms with van der Waals surface area (Å²) in [5, 5.41) is 21.2. The average Bonchev–Trinajstić information content (AvgIpc) is 2.20. The number of ether oxygens (including phenoxy) is 1. The Morgan fingerprint density at radius 2 is 2.00 bits per heavy atom. The Balaban J connectivity index is 3.73. The number of carboxylic acid groups (broad SMARTS) is 1. The fraction of sp³-hybridized carbons (Fsp3) is 0.571.